The number of carbonyl (C=O) groups is 5. The summed E-state index contributed by atoms with van der Waals surface area (Å²) in [5.41, 5.74) is 11.5. The van der Waals surface area contributed by atoms with Gasteiger partial charge < -0.3 is 37.5 Å². The summed E-state index contributed by atoms with van der Waals surface area (Å²) in [6.45, 7) is 3.51. The topological polar surface area (TPSA) is 222 Å². The number of aliphatic carboxylic acids is 1. The van der Waals surface area contributed by atoms with Gasteiger partial charge in [0, 0.05) is 24.7 Å². The minimum atomic E-state index is -1.18. The molecule has 0 aliphatic carbocycles. The first-order valence-electron chi connectivity index (χ1n) is 11.6. The number of hydrogen-bond acceptors (Lipinski definition) is 8. The number of aromatic nitrogens is 2. The standard InChI is InChI=1S/C22H37N7O6S/c1-4-12(2)18(22(34)35)29-21(33)16(9-13-10-25-11-26-13)28-20(32)15(7-8-36-3)27-19(31)14(23)5-6-17(24)30/h10-12,14-16,18H,4-9,23H2,1-3H3,(H2,24,30)(H,25,26)(H,27,31)(H,28,32)(H,29,33)(H,34,35). The summed E-state index contributed by atoms with van der Waals surface area (Å²) in [5, 5.41) is 17.3. The summed E-state index contributed by atoms with van der Waals surface area (Å²) in [5.74, 6) is -3.53. The molecule has 1 aromatic heterocycles. The van der Waals surface area contributed by atoms with Gasteiger partial charge in [-0.3, -0.25) is 19.2 Å². The highest BCUT2D eigenvalue weighted by atomic mass is 32.2. The first-order chi connectivity index (χ1) is 17.0. The maximum absolute atomic E-state index is 13.2. The average Bonchev–Trinajstić information content (AvgIpc) is 3.35. The van der Waals surface area contributed by atoms with Crippen molar-refractivity contribution in [1.29, 1.82) is 0 Å². The van der Waals surface area contributed by atoms with E-state index in [2.05, 4.69) is 25.9 Å². The van der Waals surface area contributed by atoms with Gasteiger partial charge in [-0.2, -0.15) is 11.8 Å². The minimum absolute atomic E-state index is 0.0196. The van der Waals surface area contributed by atoms with Crippen molar-refractivity contribution in [2.45, 2.75) is 70.1 Å². The normalized spacial score (nSPS) is 15.1. The third kappa shape index (κ3) is 10.6. The summed E-state index contributed by atoms with van der Waals surface area (Å²) < 4.78 is 0. The van der Waals surface area contributed by atoms with Gasteiger partial charge in [0.05, 0.1) is 12.4 Å². The third-order valence-electron chi connectivity index (χ3n) is 5.67. The zero-order chi connectivity index (χ0) is 27.3. The Labute approximate surface area is 214 Å². The molecule has 13 nitrogen and oxygen atoms in total. The summed E-state index contributed by atoms with van der Waals surface area (Å²) >= 11 is 1.46. The third-order valence-corrected chi connectivity index (χ3v) is 6.31. The molecule has 4 amide bonds. The average molecular weight is 528 g/mol. The van der Waals surface area contributed by atoms with E-state index in [4.69, 9.17) is 11.5 Å². The van der Waals surface area contributed by atoms with Gasteiger partial charge in [-0.15, -0.1) is 0 Å². The lowest BCUT2D eigenvalue weighted by Gasteiger charge is -2.26. The van der Waals surface area contributed by atoms with Crippen molar-refractivity contribution in [2.75, 3.05) is 12.0 Å². The first kappa shape index (κ1) is 30.9. The fourth-order valence-electron chi connectivity index (χ4n) is 3.25. The van der Waals surface area contributed by atoms with Crippen LogP contribution in [0.25, 0.3) is 0 Å². The van der Waals surface area contributed by atoms with Crippen molar-refractivity contribution in [3.8, 4) is 0 Å². The lowest BCUT2D eigenvalue weighted by molar-refractivity contribution is -0.143. The Kier molecular flexibility index (Phi) is 13.5. The van der Waals surface area contributed by atoms with Gasteiger partial charge in [0.2, 0.25) is 23.6 Å². The van der Waals surface area contributed by atoms with Crippen LogP contribution in [0.3, 0.4) is 0 Å². The first-order valence-corrected chi connectivity index (χ1v) is 13.0. The predicted molar refractivity (Wildman–Crippen MR) is 135 cm³/mol. The van der Waals surface area contributed by atoms with Crippen molar-refractivity contribution in [2.24, 2.45) is 17.4 Å². The second-order valence-corrected chi connectivity index (χ2v) is 9.49. The second-order valence-electron chi connectivity index (χ2n) is 8.51. The van der Waals surface area contributed by atoms with Crippen LogP contribution in [-0.4, -0.2) is 80.8 Å². The number of imidazole rings is 1. The molecule has 9 N–H and O–H groups in total. The number of amides is 4. The lowest BCUT2D eigenvalue weighted by atomic mass is 9.98. The molecule has 1 aromatic rings. The minimum Gasteiger partial charge on any atom is -0.480 e. The van der Waals surface area contributed by atoms with Gasteiger partial charge in [-0.1, -0.05) is 20.3 Å². The second kappa shape index (κ2) is 15.8. The summed E-state index contributed by atoms with van der Waals surface area (Å²) in [4.78, 5) is 68.2. The Morgan fingerprint density at radius 3 is 2.25 bits per heavy atom. The molecule has 36 heavy (non-hydrogen) atoms. The van der Waals surface area contributed by atoms with Gasteiger partial charge >= 0.3 is 5.97 Å². The molecule has 14 heteroatoms. The number of thioether (sulfide) groups is 1. The largest absolute Gasteiger partial charge is 0.480 e. The van der Waals surface area contributed by atoms with Crippen LogP contribution in [0, 0.1) is 5.92 Å². The molecule has 5 atom stereocenters. The zero-order valence-corrected chi connectivity index (χ0v) is 21.6. The lowest BCUT2D eigenvalue weighted by Crippen LogP contribution is -2.58. The number of nitrogens with one attached hydrogen (secondary N) is 4. The van der Waals surface area contributed by atoms with E-state index in [1.165, 1.54) is 24.3 Å². The Morgan fingerprint density at radius 1 is 1.08 bits per heavy atom. The highest BCUT2D eigenvalue weighted by Gasteiger charge is 2.32. The van der Waals surface area contributed by atoms with Gasteiger partial charge in [-0.05, 0) is 30.8 Å². The summed E-state index contributed by atoms with van der Waals surface area (Å²) in [7, 11) is 0. The van der Waals surface area contributed by atoms with E-state index < -0.39 is 53.8 Å². The predicted octanol–water partition coefficient (Wildman–Crippen LogP) is -1.12. The highest BCUT2D eigenvalue weighted by Crippen LogP contribution is 2.10. The van der Waals surface area contributed by atoms with E-state index in [1.807, 2.05) is 13.2 Å². The summed E-state index contributed by atoms with van der Waals surface area (Å²) in [6.07, 6.45) is 5.48. The van der Waals surface area contributed by atoms with Crippen molar-refractivity contribution >= 4 is 41.4 Å². The van der Waals surface area contributed by atoms with Crippen LogP contribution in [0.5, 0.6) is 0 Å². The number of nitrogens with zero attached hydrogens (tertiary/aromatic N) is 1. The molecule has 5 unspecified atom stereocenters. The molecule has 0 aliphatic heterocycles. The molecule has 0 aliphatic rings. The Bertz CT molecular complexity index is 882. The molecule has 0 saturated heterocycles. The van der Waals surface area contributed by atoms with Crippen LogP contribution in [0.4, 0.5) is 0 Å². The fraction of sp³-hybridized carbons (Fsp3) is 0.636. The van der Waals surface area contributed by atoms with E-state index >= 15 is 0 Å². The molecule has 0 spiro atoms. The van der Waals surface area contributed by atoms with E-state index in [0.717, 1.165) is 0 Å². The van der Waals surface area contributed by atoms with Crippen LogP contribution in [-0.2, 0) is 30.4 Å². The van der Waals surface area contributed by atoms with Crippen molar-refractivity contribution in [1.82, 2.24) is 25.9 Å². The molecule has 0 radical (unpaired) electrons. The van der Waals surface area contributed by atoms with E-state index in [0.29, 0.717) is 17.9 Å². The molecule has 0 bridgehead atoms. The molecule has 0 aromatic carbocycles. The van der Waals surface area contributed by atoms with Crippen molar-refractivity contribution in [3.05, 3.63) is 18.2 Å². The number of rotatable bonds is 17. The number of primary amides is 1. The van der Waals surface area contributed by atoms with Crippen molar-refractivity contribution in [3.63, 3.8) is 0 Å². The molecule has 1 heterocycles. The monoisotopic (exact) mass is 527 g/mol. The van der Waals surface area contributed by atoms with Gasteiger partial charge in [0.15, 0.2) is 0 Å². The molecular formula is C22H37N7O6S. The number of carboxylic acid groups (broad SMARTS) is 1. The molecule has 1 rings (SSSR count). The SMILES string of the molecule is CCC(C)C(NC(=O)C(Cc1cnc[nH]1)NC(=O)C(CCSC)NC(=O)C(N)CCC(N)=O)C(=O)O. The number of nitrogens with two attached hydrogens (primary N) is 2. The maximum atomic E-state index is 13.2. The van der Waals surface area contributed by atoms with E-state index in [1.54, 1.807) is 6.92 Å². The quantitative estimate of drug-likeness (QED) is 0.130. The van der Waals surface area contributed by atoms with Crippen molar-refractivity contribution < 1.29 is 29.1 Å². The number of aromatic amines is 1. The number of carboxylic acids is 1. The van der Waals surface area contributed by atoms with Gasteiger partial charge in [0.1, 0.15) is 18.1 Å². The zero-order valence-electron chi connectivity index (χ0n) is 20.8. The van der Waals surface area contributed by atoms with Crippen LogP contribution in [0.1, 0.15) is 45.2 Å². The summed E-state index contributed by atoms with van der Waals surface area (Å²) in [6, 6.07) is -4.33. The number of H-pyrrole nitrogens is 1. The smallest absolute Gasteiger partial charge is 0.326 e. The Morgan fingerprint density at radius 2 is 1.72 bits per heavy atom. The molecular weight excluding hydrogens is 490 g/mol. The van der Waals surface area contributed by atoms with Crippen LogP contribution < -0.4 is 27.4 Å². The molecule has 0 fully saturated rings. The molecule has 0 saturated carbocycles. The van der Waals surface area contributed by atoms with Gasteiger partial charge in [0.25, 0.3) is 0 Å². The van der Waals surface area contributed by atoms with E-state index in [-0.39, 0.29) is 31.6 Å². The van der Waals surface area contributed by atoms with E-state index in [9.17, 15) is 29.1 Å². The van der Waals surface area contributed by atoms with Crippen LogP contribution in [0.15, 0.2) is 12.5 Å². The van der Waals surface area contributed by atoms with Crippen LogP contribution >= 0.6 is 11.8 Å². The number of carbonyl (C=O) groups excluding carboxylic acids is 4. The van der Waals surface area contributed by atoms with Gasteiger partial charge in [-0.25, -0.2) is 9.78 Å². The fourth-order valence-corrected chi connectivity index (χ4v) is 3.72. The Balaban J connectivity index is 3.04. The highest BCUT2D eigenvalue weighted by molar-refractivity contribution is 7.98. The number of hydrogen-bond donors (Lipinski definition) is 7. The maximum Gasteiger partial charge on any atom is 0.326 e. The molecule has 202 valence electrons. The van der Waals surface area contributed by atoms with Crippen LogP contribution in [0.2, 0.25) is 0 Å². The Hall–Kier alpha value is -3.13.